The van der Waals surface area contributed by atoms with Gasteiger partial charge in [0.25, 0.3) is 0 Å². The minimum Gasteiger partial charge on any atom is -0.369 e. The highest BCUT2D eigenvalue weighted by atomic mass is 35.5. The first-order chi connectivity index (χ1) is 7.49. The molecule has 0 aliphatic rings. The highest BCUT2D eigenvalue weighted by Gasteiger charge is 2.20. The third kappa shape index (κ3) is 2.62. The number of rotatable bonds is 3. The molecule has 1 rings (SSSR count). The summed E-state index contributed by atoms with van der Waals surface area (Å²) < 4.78 is 5.81. The molecule has 16 heavy (non-hydrogen) atoms. The van der Waals surface area contributed by atoms with Crippen molar-refractivity contribution >= 4 is 29.4 Å². The van der Waals surface area contributed by atoms with Crippen LogP contribution in [0.4, 0.5) is 4.79 Å². The molecule has 0 spiro atoms. The van der Waals surface area contributed by atoms with Crippen LogP contribution < -0.4 is 5.56 Å². The molecule has 7 heteroatoms. The Hall–Kier alpha value is -0.880. The van der Waals surface area contributed by atoms with E-state index in [2.05, 4.69) is 0 Å². The van der Waals surface area contributed by atoms with E-state index in [1.807, 2.05) is 6.92 Å². The van der Waals surface area contributed by atoms with Crippen molar-refractivity contribution in [1.29, 1.82) is 0 Å². The summed E-state index contributed by atoms with van der Waals surface area (Å²) in [6.07, 6.45) is 0. The minimum absolute atomic E-state index is 0.0175. The van der Waals surface area contributed by atoms with Crippen molar-refractivity contribution in [3.05, 3.63) is 21.1 Å². The lowest BCUT2D eigenvalue weighted by atomic mass is 10.5. The van der Waals surface area contributed by atoms with Gasteiger partial charge in [0.15, 0.2) is 10.8 Å². The topological polar surface area (TPSA) is 55.5 Å². The Morgan fingerprint density at radius 2 is 2.19 bits per heavy atom. The summed E-state index contributed by atoms with van der Waals surface area (Å²) >= 11 is 7.35. The van der Waals surface area contributed by atoms with Crippen molar-refractivity contribution in [2.75, 3.05) is 19.8 Å². The van der Waals surface area contributed by atoms with Crippen molar-refractivity contribution in [3.63, 3.8) is 0 Å². The molecule has 1 heterocycles. The Kier molecular flexibility index (Phi) is 4.49. The van der Waals surface area contributed by atoms with E-state index in [1.54, 1.807) is 11.8 Å². The van der Waals surface area contributed by atoms with Gasteiger partial charge in [0, 0.05) is 14.1 Å². The monoisotopic (exact) mass is 264 g/mol. The second-order valence-corrected chi connectivity index (χ2v) is 4.89. The molecule has 1 amide bonds. The Balaban J connectivity index is 3.05. The summed E-state index contributed by atoms with van der Waals surface area (Å²) in [7, 11) is 3.07. The predicted molar refractivity (Wildman–Crippen MR) is 64.3 cm³/mol. The zero-order valence-electron chi connectivity index (χ0n) is 9.32. The number of carbonyl (C=O) groups excluding carboxylic acids is 1. The molecule has 5 nitrogen and oxygen atoms in total. The van der Waals surface area contributed by atoms with Crippen LogP contribution in [0.15, 0.2) is 9.32 Å². The van der Waals surface area contributed by atoms with E-state index < -0.39 is 11.6 Å². The number of thioether (sulfide) groups is 1. The van der Waals surface area contributed by atoms with Gasteiger partial charge >= 0.3 is 11.6 Å². The van der Waals surface area contributed by atoms with Crippen LogP contribution in [0.1, 0.15) is 12.7 Å². The van der Waals surface area contributed by atoms with Crippen LogP contribution in [0.5, 0.6) is 0 Å². The zero-order valence-corrected chi connectivity index (χ0v) is 10.9. The highest BCUT2D eigenvalue weighted by Crippen LogP contribution is 2.18. The fourth-order valence-corrected chi connectivity index (χ4v) is 1.84. The van der Waals surface area contributed by atoms with Crippen molar-refractivity contribution in [3.8, 4) is 0 Å². The van der Waals surface area contributed by atoms with Gasteiger partial charge in [-0.2, -0.15) is 11.8 Å². The van der Waals surface area contributed by atoms with Gasteiger partial charge in [0.2, 0.25) is 0 Å². The van der Waals surface area contributed by atoms with Crippen molar-refractivity contribution in [2.45, 2.75) is 12.7 Å². The molecule has 0 aliphatic heterocycles. The fourth-order valence-electron chi connectivity index (χ4n) is 0.992. The average molecular weight is 265 g/mol. The SMILES string of the molecule is CCSCc1on(C(=O)N(C)C)c(=O)c1Cl. The van der Waals surface area contributed by atoms with Gasteiger partial charge in [0.1, 0.15) is 0 Å². The molecule has 0 aromatic carbocycles. The molecule has 0 N–H and O–H groups in total. The smallest absolute Gasteiger partial charge is 0.360 e. The zero-order chi connectivity index (χ0) is 12.3. The summed E-state index contributed by atoms with van der Waals surface area (Å²) in [5.74, 6) is 1.71. The van der Waals surface area contributed by atoms with Gasteiger partial charge in [-0.1, -0.05) is 23.3 Å². The van der Waals surface area contributed by atoms with Gasteiger partial charge in [-0.3, -0.25) is 4.79 Å². The van der Waals surface area contributed by atoms with Gasteiger partial charge in [-0.15, -0.1) is 0 Å². The predicted octanol–water partition coefficient (Wildman–Crippen LogP) is 1.88. The van der Waals surface area contributed by atoms with E-state index in [4.69, 9.17) is 16.1 Å². The Morgan fingerprint density at radius 3 is 2.69 bits per heavy atom. The molecule has 0 bridgehead atoms. The molecular weight excluding hydrogens is 252 g/mol. The Morgan fingerprint density at radius 1 is 1.56 bits per heavy atom. The van der Waals surface area contributed by atoms with E-state index in [-0.39, 0.29) is 5.02 Å². The van der Waals surface area contributed by atoms with Gasteiger partial charge < -0.3 is 9.42 Å². The second kappa shape index (κ2) is 5.45. The maximum Gasteiger partial charge on any atom is 0.360 e. The third-order valence-corrected chi connectivity index (χ3v) is 3.06. The lowest BCUT2D eigenvalue weighted by Crippen LogP contribution is -2.33. The van der Waals surface area contributed by atoms with Gasteiger partial charge in [-0.05, 0) is 5.75 Å². The van der Waals surface area contributed by atoms with E-state index >= 15 is 0 Å². The number of nitrogens with zero attached hydrogens (tertiary/aromatic N) is 2. The Bertz CT molecular complexity index is 438. The van der Waals surface area contributed by atoms with Crippen LogP contribution in [0.2, 0.25) is 5.02 Å². The van der Waals surface area contributed by atoms with E-state index in [9.17, 15) is 9.59 Å². The van der Waals surface area contributed by atoms with Crippen molar-refractivity contribution in [1.82, 2.24) is 9.64 Å². The molecule has 0 aliphatic carbocycles. The molecule has 0 saturated heterocycles. The number of amides is 1. The summed E-state index contributed by atoms with van der Waals surface area (Å²) in [5.41, 5.74) is -0.605. The molecule has 0 radical (unpaired) electrons. The third-order valence-electron chi connectivity index (χ3n) is 1.81. The second-order valence-electron chi connectivity index (χ2n) is 3.24. The van der Waals surface area contributed by atoms with E-state index in [1.165, 1.54) is 19.0 Å². The van der Waals surface area contributed by atoms with Crippen molar-refractivity contribution < 1.29 is 9.32 Å². The molecule has 1 aromatic rings. The summed E-state index contributed by atoms with van der Waals surface area (Å²) in [6.45, 7) is 1.98. The average Bonchev–Trinajstić information content (AvgIpc) is 2.52. The minimum atomic E-state index is -0.605. The molecule has 1 aromatic heterocycles. The van der Waals surface area contributed by atoms with Crippen LogP contribution in [-0.2, 0) is 5.75 Å². The molecule has 0 saturated carbocycles. The molecule has 0 fully saturated rings. The van der Waals surface area contributed by atoms with E-state index in [0.717, 1.165) is 5.75 Å². The maximum atomic E-state index is 11.6. The number of halogens is 1. The van der Waals surface area contributed by atoms with Crippen LogP contribution >= 0.6 is 23.4 Å². The summed E-state index contributed by atoms with van der Waals surface area (Å²) in [6, 6.07) is -0.542. The number of hydrogen-bond acceptors (Lipinski definition) is 4. The van der Waals surface area contributed by atoms with Gasteiger partial charge in [0.05, 0.1) is 5.75 Å². The van der Waals surface area contributed by atoms with Crippen LogP contribution in [0.25, 0.3) is 0 Å². The number of aromatic nitrogens is 1. The highest BCUT2D eigenvalue weighted by molar-refractivity contribution is 7.98. The number of carbonyl (C=O) groups is 1. The molecule has 90 valence electrons. The largest absolute Gasteiger partial charge is 0.369 e. The normalized spacial score (nSPS) is 10.5. The molecule has 0 atom stereocenters. The summed E-state index contributed by atoms with van der Waals surface area (Å²) in [5, 5.41) is -0.0175. The first kappa shape index (κ1) is 13.2. The van der Waals surface area contributed by atoms with Crippen LogP contribution in [-0.4, -0.2) is 35.5 Å². The fraction of sp³-hybridized carbons (Fsp3) is 0.556. The number of hydrogen-bond donors (Lipinski definition) is 0. The van der Waals surface area contributed by atoms with Crippen LogP contribution in [0.3, 0.4) is 0 Å². The standard InChI is InChI=1S/C9H13ClN2O3S/c1-4-16-5-6-7(10)8(13)12(15-6)9(14)11(2)3/h4-5H2,1-3H3. The van der Waals surface area contributed by atoms with Crippen LogP contribution in [0, 0.1) is 0 Å². The molecule has 0 unspecified atom stereocenters. The Labute approximate surface area is 102 Å². The van der Waals surface area contributed by atoms with E-state index in [0.29, 0.717) is 16.3 Å². The quantitative estimate of drug-likeness (QED) is 0.836. The summed E-state index contributed by atoms with van der Waals surface area (Å²) in [4.78, 5) is 24.4. The maximum absolute atomic E-state index is 11.6. The lowest BCUT2D eigenvalue weighted by molar-refractivity contribution is 0.182. The first-order valence-electron chi connectivity index (χ1n) is 4.69. The first-order valence-corrected chi connectivity index (χ1v) is 6.22. The van der Waals surface area contributed by atoms with Gasteiger partial charge in [-0.25, -0.2) is 4.79 Å². The van der Waals surface area contributed by atoms with Crippen molar-refractivity contribution in [2.24, 2.45) is 0 Å². The lowest BCUT2D eigenvalue weighted by Gasteiger charge is -2.07. The molecular formula is C9H13ClN2O3S.